The average molecular weight is 289 g/mol. The van der Waals surface area contributed by atoms with E-state index in [0.717, 1.165) is 31.9 Å². The van der Waals surface area contributed by atoms with Crippen LogP contribution in [-0.2, 0) is 26.2 Å². The smallest absolute Gasteiger partial charge is 0.0762 e. The first-order chi connectivity index (χ1) is 10.0. The van der Waals surface area contributed by atoms with E-state index in [0.29, 0.717) is 11.8 Å². The van der Waals surface area contributed by atoms with Crippen molar-refractivity contribution in [2.24, 2.45) is 11.8 Å². The third kappa shape index (κ3) is 5.34. The first-order valence-corrected chi connectivity index (χ1v) is 7.77. The Hall–Kier alpha value is -1.62. The minimum Gasteiger partial charge on any atom is -0.307 e. The van der Waals surface area contributed by atoms with Crippen LogP contribution in [0.2, 0.25) is 0 Å². The second-order valence-corrected chi connectivity index (χ2v) is 6.49. The molecule has 0 aliphatic rings. The maximum atomic E-state index is 4.56. The van der Waals surface area contributed by atoms with Crippen molar-refractivity contribution in [3.05, 3.63) is 35.9 Å². The summed E-state index contributed by atoms with van der Waals surface area (Å²) in [5.74, 6) is 1.24. The van der Waals surface area contributed by atoms with E-state index in [4.69, 9.17) is 0 Å². The molecule has 0 spiro atoms. The van der Waals surface area contributed by atoms with Crippen molar-refractivity contribution in [3.8, 4) is 0 Å². The zero-order chi connectivity index (χ0) is 15.2. The van der Waals surface area contributed by atoms with Crippen LogP contribution in [0.25, 0.3) is 0 Å². The lowest BCUT2D eigenvalue weighted by molar-refractivity contribution is 0.477. The van der Waals surface area contributed by atoms with E-state index in [-0.39, 0.29) is 0 Å². The number of nitrogens with zero attached hydrogens (tertiary/aromatic N) is 4. The molecule has 0 atom stereocenters. The van der Waals surface area contributed by atoms with Crippen LogP contribution in [0.1, 0.15) is 39.0 Å². The van der Waals surface area contributed by atoms with Gasteiger partial charge in [-0.05, 0) is 17.9 Å². The van der Waals surface area contributed by atoms with E-state index >= 15 is 0 Å². The summed E-state index contributed by atoms with van der Waals surface area (Å²) in [6.07, 6.45) is 6.11. The van der Waals surface area contributed by atoms with Gasteiger partial charge in [0.25, 0.3) is 0 Å². The van der Waals surface area contributed by atoms with Crippen molar-refractivity contribution in [1.82, 2.24) is 24.9 Å². The van der Waals surface area contributed by atoms with E-state index in [1.54, 1.807) is 0 Å². The summed E-state index contributed by atoms with van der Waals surface area (Å²) in [5.41, 5.74) is 2.31. The van der Waals surface area contributed by atoms with Crippen LogP contribution in [0, 0.1) is 11.8 Å². The fraction of sp³-hybridized carbons (Fsp3) is 0.625. The van der Waals surface area contributed by atoms with Gasteiger partial charge in [-0.2, -0.15) is 10.2 Å². The molecule has 2 aromatic rings. The highest BCUT2D eigenvalue weighted by Crippen LogP contribution is 2.03. The van der Waals surface area contributed by atoms with Gasteiger partial charge in [0.05, 0.1) is 11.9 Å². The number of nitrogens with one attached hydrogen (secondary N) is 1. The molecular weight excluding hydrogens is 262 g/mol. The monoisotopic (exact) mass is 289 g/mol. The molecule has 2 aromatic heterocycles. The van der Waals surface area contributed by atoms with Crippen LogP contribution >= 0.6 is 0 Å². The van der Waals surface area contributed by atoms with E-state index < -0.39 is 0 Å². The minimum absolute atomic E-state index is 0.621. The lowest BCUT2D eigenvalue weighted by Crippen LogP contribution is -2.13. The molecule has 0 bridgehead atoms. The van der Waals surface area contributed by atoms with Gasteiger partial charge in [-0.1, -0.05) is 27.7 Å². The van der Waals surface area contributed by atoms with Gasteiger partial charge in [-0.25, -0.2) is 0 Å². The quantitative estimate of drug-likeness (QED) is 0.813. The summed E-state index contributed by atoms with van der Waals surface area (Å²) in [6.45, 7) is 12.4. The Labute approximate surface area is 127 Å². The van der Waals surface area contributed by atoms with Gasteiger partial charge in [-0.3, -0.25) is 9.36 Å². The molecule has 0 aliphatic heterocycles. The van der Waals surface area contributed by atoms with Gasteiger partial charge in [0.2, 0.25) is 0 Å². The predicted molar refractivity (Wildman–Crippen MR) is 84.7 cm³/mol. The van der Waals surface area contributed by atoms with Gasteiger partial charge in [-0.15, -0.1) is 0 Å². The maximum absolute atomic E-state index is 4.56. The molecule has 21 heavy (non-hydrogen) atoms. The number of hydrogen-bond donors (Lipinski definition) is 1. The Morgan fingerprint density at radius 2 is 1.76 bits per heavy atom. The molecule has 5 nitrogen and oxygen atoms in total. The molecular formula is C16H27N5. The third-order valence-corrected chi connectivity index (χ3v) is 3.12. The number of rotatable bonds is 8. The molecule has 0 unspecified atom stereocenters. The van der Waals surface area contributed by atoms with Crippen LogP contribution in [0.15, 0.2) is 24.7 Å². The Bertz CT molecular complexity index is 490. The van der Waals surface area contributed by atoms with E-state index in [2.05, 4.69) is 61.7 Å². The SMILES string of the molecule is CC(C)Cn1cc(CNCc2ccn(CC(C)C)n2)cn1. The third-order valence-electron chi connectivity index (χ3n) is 3.12. The highest BCUT2D eigenvalue weighted by atomic mass is 15.3. The number of aromatic nitrogens is 4. The molecule has 0 aromatic carbocycles. The first kappa shape index (κ1) is 15.8. The highest BCUT2D eigenvalue weighted by molar-refractivity contribution is 5.04. The molecule has 116 valence electrons. The molecule has 0 amide bonds. The molecule has 0 fully saturated rings. The van der Waals surface area contributed by atoms with Gasteiger partial charge in [0.15, 0.2) is 0 Å². The number of hydrogen-bond acceptors (Lipinski definition) is 3. The second kappa shape index (κ2) is 7.41. The van der Waals surface area contributed by atoms with Crippen LogP contribution < -0.4 is 5.32 Å². The van der Waals surface area contributed by atoms with Gasteiger partial charge in [0, 0.05) is 44.1 Å². The minimum atomic E-state index is 0.621. The van der Waals surface area contributed by atoms with Crippen molar-refractivity contribution in [1.29, 1.82) is 0 Å². The fourth-order valence-electron chi connectivity index (χ4n) is 2.28. The Morgan fingerprint density at radius 3 is 2.48 bits per heavy atom. The molecule has 2 heterocycles. The Morgan fingerprint density at radius 1 is 1.05 bits per heavy atom. The van der Waals surface area contributed by atoms with E-state index in [1.807, 2.05) is 15.6 Å². The van der Waals surface area contributed by atoms with E-state index in [1.165, 1.54) is 5.56 Å². The van der Waals surface area contributed by atoms with Crippen LogP contribution in [-0.4, -0.2) is 19.6 Å². The average Bonchev–Trinajstić information content (AvgIpc) is 2.98. The lowest BCUT2D eigenvalue weighted by Gasteiger charge is -2.04. The zero-order valence-electron chi connectivity index (χ0n) is 13.6. The Balaban J connectivity index is 1.76. The molecule has 0 radical (unpaired) electrons. The maximum Gasteiger partial charge on any atom is 0.0762 e. The molecule has 1 N–H and O–H groups in total. The van der Waals surface area contributed by atoms with Crippen molar-refractivity contribution in [2.45, 2.75) is 53.9 Å². The summed E-state index contributed by atoms with van der Waals surface area (Å²) >= 11 is 0. The fourth-order valence-corrected chi connectivity index (χ4v) is 2.28. The van der Waals surface area contributed by atoms with Gasteiger partial charge in [0.1, 0.15) is 0 Å². The second-order valence-electron chi connectivity index (χ2n) is 6.49. The highest BCUT2D eigenvalue weighted by Gasteiger charge is 2.03. The van der Waals surface area contributed by atoms with Crippen molar-refractivity contribution >= 4 is 0 Å². The standard InChI is InChI=1S/C16H27N5/c1-13(2)10-20-6-5-16(19-20)9-17-7-15-8-18-21(12-15)11-14(3)4/h5-6,8,12-14,17H,7,9-11H2,1-4H3. The van der Waals surface area contributed by atoms with Crippen molar-refractivity contribution in [3.63, 3.8) is 0 Å². The molecule has 0 aliphatic carbocycles. The van der Waals surface area contributed by atoms with E-state index in [9.17, 15) is 0 Å². The summed E-state index contributed by atoms with van der Waals surface area (Å²) in [4.78, 5) is 0. The molecule has 0 saturated carbocycles. The van der Waals surface area contributed by atoms with Crippen LogP contribution in [0.4, 0.5) is 0 Å². The lowest BCUT2D eigenvalue weighted by atomic mass is 10.2. The molecule has 0 saturated heterocycles. The summed E-state index contributed by atoms with van der Waals surface area (Å²) < 4.78 is 4.03. The summed E-state index contributed by atoms with van der Waals surface area (Å²) in [6, 6.07) is 2.08. The van der Waals surface area contributed by atoms with Crippen LogP contribution in [0.5, 0.6) is 0 Å². The largest absolute Gasteiger partial charge is 0.307 e. The first-order valence-electron chi connectivity index (χ1n) is 7.77. The van der Waals surface area contributed by atoms with Crippen molar-refractivity contribution in [2.75, 3.05) is 0 Å². The normalized spacial score (nSPS) is 11.7. The molecule has 2 rings (SSSR count). The van der Waals surface area contributed by atoms with Gasteiger partial charge >= 0.3 is 0 Å². The van der Waals surface area contributed by atoms with Crippen LogP contribution in [0.3, 0.4) is 0 Å². The molecule has 5 heteroatoms. The van der Waals surface area contributed by atoms with Crippen molar-refractivity contribution < 1.29 is 0 Å². The topological polar surface area (TPSA) is 47.7 Å². The zero-order valence-corrected chi connectivity index (χ0v) is 13.6. The summed E-state index contributed by atoms with van der Waals surface area (Å²) in [5, 5.41) is 12.4. The Kier molecular flexibility index (Phi) is 5.56. The van der Waals surface area contributed by atoms with Gasteiger partial charge < -0.3 is 5.32 Å². The predicted octanol–water partition coefficient (Wildman–Crippen LogP) is 2.68. The summed E-state index contributed by atoms with van der Waals surface area (Å²) in [7, 11) is 0.